The lowest BCUT2D eigenvalue weighted by Gasteiger charge is -2.08. The van der Waals surface area contributed by atoms with Gasteiger partial charge < -0.3 is 4.74 Å². The summed E-state index contributed by atoms with van der Waals surface area (Å²) in [6, 6.07) is 6.98. The first-order chi connectivity index (χ1) is 8.07. The molecule has 96 valence electrons. The van der Waals surface area contributed by atoms with E-state index in [0.29, 0.717) is 24.6 Å². The topological polar surface area (TPSA) is 55.4 Å². The lowest BCUT2D eigenvalue weighted by atomic mass is 10.2. The van der Waals surface area contributed by atoms with E-state index >= 15 is 0 Å². The highest BCUT2D eigenvalue weighted by molar-refractivity contribution is 7.92. The molecular formula is C11H16ClNO3S. The van der Waals surface area contributed by atoms with Gasteiger partial charge in [0, 0.05) is 25.3 Å². The number of alkyl halides is 1. The Morgan fingerprint density at radius 2 is 1.94 bits per heavy atom. The third-order valence-electron chi connectivity index (χ3n) is 2.14. The minimum atomic E-state index is -3.29. The molecule has 0 aliphatic heterocycles. The van der Waals surface area contributed by atoms with Gasteiger partial charge in [0.05, 0.1) is 5.75 Å². The molecule has 0 unspecified atom stereocenters. The second-order valence-corrected chi connectivity index (χ2v) is 5.71. The molecule has 1 rings (SSSR count). The Morgan fingerprint density at radius 1 is 1.29 bits per heavy atom. The molecule has 0 aliphatic rings. The van der Waals surface area contributed by atoms with Gasteiger partial charge in [-0.3, -0.25) is 4.72 Å². The second-order valence-electron chi connectivity index (χ2n) is 3.60. The molecule has 0 heterocycles. The number of ether oxygens (including phenoxy) is 1. The number of sulfonamides is 1. The Balaban J connectivity index is 2.56. The van der Waals surface area contributed by atoms with Crippen LogP contribution in [-0.4, -0.2) is 27.9 Å². The van der Waals surface area contributed by atoms with Crippen LogP contribution < -0.4 is 4.72 Å². The minimum Gasteiger partial charge on any atom is -0.385 e. The summed E-state index contributed by atoms with van der Waals surface area (Å²) in [5.41, 5.74) is 1.50. The first kappa shape index (κ1) is 14.3. The lowest BCUT2D eigenvalue weighted by molar-refractivity contribution is 0.199. The summed E-state index contributed by atoms with van der Waals surface area (Å²) < 4.78 is 30.6. The van der Waals surface area contributed by atoms with Gasteiger partial charge in [0.2, 0.25) is 10.0 Å². The van der Waals surface area contributed by atoms with Crippen molar-refractivity contribution in [2.45, 2.75) is 12.3 Å². The number of hydrogen-bond donors (Lipinski definition) is 1. The average Bonchev–Trinajstić information content (AvgIpc) is 2.30. The van der Waals surface area contributed by atoms with Crippen molar-refractivity contribution < 1.29 is 13.2 Å². The van der Waals surface area contributed by atoms with E-state index in [2.05, 4.69) is 4.72 Å². The fourth-order valence-corrected chi connectivity index (χ4v) is 2.56. The number of hydrogen-bond acceptors (Lipinski definition) is 3. The smallest absolute Gasteiger partial charge is 0.232 e. The summed E-state index contributed by atoms with van der Waals surface area (Å²) in [6.07, 6.45) is 0.478. The maximum atomic E-state index is 11.6. The first-order valence-corrected chi connectivity index (χ1v) is 7.40. The van der Waals surface area contributed by atoms with E-state index < -0.39 is 10.0 Å². The van der Waals surface area contributed by atoms with Crippen LogP contribution in [0, 0.1) is 0 Å². The molecule has 0 aromatic heterocycles. The van der Waals surface area contributed by atoms with E-state index in [1.54, 1.807) is 31.4 Å². The summed E-state index contributed by atoms with van der Waals surface area (Å²) in [4.78, 5) is 0. The molecule has 0 spiro atoms. The van der Waals surface area contributed by atoms with Gasteiger partial charge in [-0.1, -0.05) is 12.1 Å². The van der Waals surface area contributed by atoms with Gasteiger partial charge in [-0.15, -0.1) is 11.6 Å². The van der Waals surface area contributed by atoms with E-state index in [0.717, 1.165) is 5.56 Å². The molecule has 0 bridgehead atoms. The van der Waals surface area contributed by atoms with Crippen molar-refractivity contribution in [3.63, 3.8) is 0 Å². The Bertz CT molecular complexity index is 431. The van der Waals surface area contributed by atoms with Gasteiger partial charge in [-0.05, 0) is 24.1 Å². The summed E-state index contributed by atoms with van der Waals surface area (Å²) in [6.45, 7) is 0.437. The molecule has 0 amide bonds. The van der Waals surface area contributed by atoms with Crippen LogP contribution in [-0.2, 0) is 20.6 Å². The number of methoxy groups -OCH3 is 1. The molecular weight excluding hydrogens is 262 g/mol. The summed E-state index contributed by atoms with van der Waals surface area (Å²) in [5, 5.41) is 0. The van der Waals surface area contributed by atoms with E-state index in [4.69, 9.17) is 16.3 Å². The highest BCUT2D eigenvalue weighted by Gasteiger charge is 2.09. The standard InChI is InChI=1S/C11H16ClNO3S/c1-16-7-2-8-17(14,15)13-11-5-3-10(9-12)4-6-11/h3-6,13H,2,7-9H2,1H3. The Morgan fingerprint density at radius 3 is 2.47 bits per heavy atom. The van der Waals surface area contributed by atoms with E-state index in [1.807, 2.05) is 0 Å². The molecule has 6 heteroatoms. The number of benzene rings is 1. The molecule has 0 aliphatic carbocycles. The summed E-state index contributed by atoms with van der Waals surface area (Å²) in [7, 11) is -1.74. The van der Waals surface area contributed by atoms with Crippen LogP contribution in [0.1, 0.15) is 12.0 Å². The molecule has 1 aromatic carbocycles. The highest BCUT2D eigenvalue weighted by Crippen LogP contribution is 2.13. The van der Waals surface area contributed by atoms with Crippen molar-refractivity contribution in [3.05, 3.63) is 29.8 Å². The molecule has 0 atom stereocenters. The van der Waals surface area contributed by atoms with Crippen molar-refractivity contribution in [1.29, 1.82) is 0 Å². The minimum absolute atomic E-state index is 0.0537. The van der Waals surface area contributed by atoms with Gasteiger partial charge in [0.25, 0.3) is 0 Å². The molecule has 0 saturated carbocycles. The average molecular weight is 278 g/mol. The van der Waals surface area contributed by atoms with Gasteiger partial charge in [-0.25, -0.2) is 8.42 Å². The summed E-state index contributed by atoms with van der Waals surface area (Å²) in [5.74, 6) is 0.471. The van der Waals surface area contributed by atoms with Crippen LogP contribution >= 0.6 is 11.6 Å². The van der Waals surface area contributed by atoms with Crippen molar-refractivity contribution in [2.24, 2.45) is 0 Å². The molecule has 1 aromatic rings. The van der Waals surface area contributed by atoms with Crippen LogP contribution in [0.3, 0.4) is 0 Å². The van der Waals surface area contributed by atoms with Crippen molar-refractivity contribution in [1.82, 2.24) is 0 Å². The van der Waals surface area contributed by atoms with Crippen LogP contribution in [0.2, 0.25) is 0 Å². The van der Waals surface area contributed by atoms with Gasteiger partial charge in [0.1, 0.15) is 0 Å². The maximum Gasteiger partial charge on any atom is 0.232 e. The van der Waals surface area contributed by atoms with Gasteiger partial charge in [0.15, 0.2) is 0 Å². The quantitative estimate of drug-likeness (QED) is 0.614. The van der Waals surface area contributed by atoms with Gasteiger partial charge in [-0.2, -0.15) is 0 Å². The number of anilines is 1. The van der Waals surface area contributed by atoms with Crippen LogP contribution in [0.25, 0.3) is 0 Å². The monoisotopic (exact) mass is 277 g/mol. The number of nitrogens with one attached hydrogen (secondary N) is 1. The van der Waals surface area contributed by atoms with Crippen LogP contribution in [0.5, 0.6) is 0 Å². The number of halogens is 1. The zero-order valence-electron chi connectivity index (χ0n) is 9.65. The zero-order chi connectivity index (χ0) is 12.7. The molecule has 4 nitrogen and oxygen atoms in total. The molecule has 0 fully saturated rings. The van der Waals surface area contributed by atoms with Crippen LogP contribution in [0.15, 0.2) is 24.3 Å². The Hall–Kier alpha value is -0.780. The number of rotatable bonds is 7. The van der Waals surface area contributed by atoms with Crippen molar-refractivity contribution >= 4 is 27.3 Å². The predicted molar refractivity (Wildman–Crippen MR) is 69.9 cm³/mol. The highest BCUT2D eigenvalue weighted by atomic mass is 35.5. The predicted octanol–water partition coefficient (Wildman–Crippen LogP) is 2.20. The maximum absolute atomic E-state index is 11.6. The fraction of sp³-hybridized carbons (Fsp3) is 0.455. The van der Waals surface area contributed by atoms with E-state index in [9.17, 15) is 8.42 Å². The molecule has 0 saturated heterocycles. The Labute approximate surface area is 107 Å². The lowest BCUT2D eigenvalue weighted by Crippen LogP contribution is -2.17. The van der Waals surface area contributed by atoms with Gasteiger partial charge >= 0.3 is 0 Å². The molecule has 0 radical (unpaired) electrons. The van der Waals surface area contributed by atoms with Crippen molar-refractivity contribution in [3.8, 4) is 0 Å². The summed E-state index contributed by atoms with van der Waals surface area (Å²) >= 11 is 5.64. The molecule has 17 heavy (non-hydrogen) atoms. The van der Waals surface area contributed by atoms with E-state index in [1.165, 1.54) is 0 Å². The third kappa shape index (κ3) is 5.39. The largest absolute Gasteiger partial charge is 0.385 e. The second kappa shape index (κ2) is 6.83. The van der Waals surface area contributed by atoms with Crippen molar-refractivity contribution in [2.75, 3.05) is 24.2 Å². The normalized spacial score (nSPS) is 11.4. The SMILES string of the molecule is COCCCS(=O)(=O)Nc1ccc(CCl)cc1. The molecule has 1 N–H and O–H groups in total. The zero-order valence-corrected chi connectivity index (χ0v) is 11.2. The Kier molecular flexibility index (Phi) is 5.74. The third-order valence-corrected chi connectivity index (χ3v) is 3.82. The van der Waals surface area contributed by atoms with Crippen LogP contribution in [0.4, 0.5) is 5.69 Å². The first-order valence-electron chi connectivity index (χ1n) is 5.22. The fourth-order valence-electron chi connectivity index (χ4n) is 1.29. The van der Waals surface area contributed by atoms with E-state index in [-0.39, 0.29) is 5.75 Å².